The van der Waals surface area contributed by atoms with Crippen molar-refractivity contribution in [1.82, 2.24) is 5.32 Å². The molecule has 1 aromatic rings. The average Bonchev–Trinajstić information content (AvgIpc) is 3.09. The van der Waals surface area contributed by atoms with E-state index in [9.17, 15) is 9.18 Å². The zero-order valence-corrected chi connectivity index (χ0v) is 11.4. The monoisotopic (exact) mass is 277 g/mol. The quantitative estimate of drug-likeness (QED) is 0.883. The van der Waals surface area contributed by atoms with Crippen molar-refractivity contribution in [2.24, 2.45) is 5.73 Å². The van der Waals surface area contributed by atoms with Crippen LogP contribution < -0.4 is 16.0 Å². The Bertz CT molecular complexity index is 514. The molecule has 0 radical (unpaired) electrons. The summed E-state index contributed by atoms with van der Waals surface area (Å²) in [6.45, 7) is 1.95. The van der Waals surface area contributed by atoms with E-state index in [1.807, 2.05) is 0 Å². The smallest absolute Gasteiger partial charge is 0.250 e. The van der Waals surface area contributed by atoms with Crippen LogP contribution >= 0.6 is 0 Å². The fraction of sp³-hybridized carbons (Fsp3) is 0.533. The fourth-order valence-electron chi connectivity index (χ4n) is 3.51. The lowest BCUT2D eigenvalue weighted by atomic mass is 10.0. The van der Waals surface area contributed by atoms with Crippen LogP contribution in [0.1, 0.15) is 36.0 Å². The molecule has 2 saturated heterocycles. The molecule has 0 aliphatic carbocycles. The number of rotatable bonds is 3. The molecule has 20 heavy (non-hydrogen) atoms. The van der Waals surface area contributed by atoms with Crippen molar-refractivity contribution in [2.75, 3.05) is 18.0 Å². The summed E-state index contributed by atoms with van der Waals surface area (Å²) in [6.07, 6.45) is 4.56. The second kappa shape index (κ2) is 5.40. The van der Waals surface area contributed by atoms with Gasteiger partial charge in [0, 0.05) is 18.6 Å². The molecule has 2 heterocycles. The van der Waals surface area contributed by atoms with Gasteiger partial charge in [0.1, 0.15) is 5.82 Å². The summed E-state index contributed by atoms with van der Waals surface area (Å²) in [5.41, 5.74) is 6.46. The van der Waals surface area contributed by atoms with Crippen LogP contribution in [0.4, 0.5) is 10.1 Å². The summed E-state index contributed by atoms with van der Waals surface area (Å²) in [6, 6.07) is 5.17. The Morgan fingerprint density at radius 2 is 2.20 bits per heavy atom. The van der Waals surface area contributed by atoms with Crippen LogP contribution in [0.15, 0.2) is 18.2 Å². The molecule has 3 N–H and O–H groups in total. The topological polar surface area (TPSA) is 58.4 Å². The van der Waals surface area contributed by atoms with E-state index < -0.39 is 11.7 Å². The van der Waals surface area contributed by atoms with Crippen LogP contribution in [0, 0.1) is 5.82 Å². The molecule has 0 saturated carbocycles. The highest BCUT2D eigenvalue weighted by atomic mass is 19.1. The van der Waals surface area contributed by atoms with Gasteiger partial charge in [-0.3, -0.25) is 4.79 Å². The van der Waals surface area contributed by atoms with Gasteiger partial charge < -0.3 is 16.0 Å². The second-order valence-corrected chi connectivity index (χ2v) is 5.63. The lowest BCUT2D eigenvalue weighted by Crippen LogP contribution is -2.44. The molecule has 2 aliphatic heterocycles. The number of benzene rings is 1. The van der Waals surface area contributed by atoms with E-state index in [0.29, 0.717) is 12.1 Å². The van der Waals surface area contributed by atoms with Gasteiger partial charge in [0.2, 0.25) is 0 Å². The van der Waals surface area contributed by atoms with Gasteiger partial charge in [-0.1, -0.05) is 0 Å². The predicted octanol–water partition coefficient (Wildman–Crippen LogP) is 1.65. The van der Waals surface area contributed by atoms with E-state index in [2.05, 4.69) is 10.2 Å². The van der Waals surface area contributed by atoms with Crippen LogP contribution in [0.25, 0.3) is 0 Å². The van der Waals surface area contributed by atoms with E-state index in [-0.39, 0.29) is 5.56 Å². The van der Waals surface area contributed by atoms with Crippen LogP contribution in [-0.2, 0) is 0 Å². The number of hydrogen-bond acceptors (Lipinski definition) is 3. The molecule has 4 nitrogen and oxygen atoms in total. The highest BCUT2D eigenvalue weighted by molar-refractivity contribution is 5.98. The Balaban J connectivity index is 1.92. The highest BCUT2D eigenvalue weighted by Crippen LogP contribution is 2.32. The zero-order chi connectivity index (χ0) is 14.1. The van der Waals surface area contributed by atoms with E-state index in [1.165, 1.54) is 18.6 Å². The lowest BCUT2D eigenvalue weighted by Gasteiger charge is -2.32. The molecule has 3 rings (SSSR count). The van der Waals surface area contributed by atoms with Crippen LogP contribution in [0.5, 0.6) is 0 Å². The number of nitrogens with zero attached hydrogens (tertiary/aromatic N) is 1. The summed E-state index contributed by atoms with van der Waals surface area (Å²) in [7, 11) is 0. The minimum absolute atomic E-state index is 0.287. The number of anilines is 1. The van der Waals surface area contributed by atoms with Gasteiger partial charge in [0.25, 0.3) is 5.91 Å². The molecule has 1 amide bonds. The number of amides is 1. The summed E-state index contributed by atoms with van der Waals surface area (Å²) in [4.78, 5) is 13.8. The van der Waals surface area contributed by atoms with Crippen molar-refractivity contribution < 1.29 is 9.18 Å². The van der Waals surface area contributed by atoms with Crippen molar-refractivity contribution >= 4 is 11.6 Å². The van der Waals surface area contributed by atoms with Crippen LogP contribution in [0.3, 0.4) is 0 Å². The van der Waals surface area contributed by atoms with E-state index in [4.69, 9.17) is 5.73 Å². The molecule has 0 bridgehead atoms. The van der Waals surface area contributed by atoms with Crippen molar-refractivity contribution in [3.63, 3.8) is 0 Å². The first-order valence-corrected chi connectivity index (χ1v) is 7.26. The molecule has 0 spiro atoms. The third-order valence-electron chi connectivity index (χ3n) is 4.40. The van der Waals surface area contributed by atoms with Gasteiger partial charge in [0.05, 0.1) is 11.3 Å². The summed E-state index contributed by atoms with van der Waals surface area (Å²) >= 11 is 0. The molecule has 2 aliphatic rings. The first kappa shape index (κ1) is 13.4. The molecule has 1 aromatic carbocycles. The molecule has 2 atom stereocenters. The van der Waals surface area contributed by atoms with Crippen molar-refractivity contribution in [3.8, 4) is 0 Å². The van der Waals surface area contributed by atoms with Crippen molar-refractivity contribution in [2.45, 2.75) is 37.8 Å². The molecule has 108 valence electrons. The Morgan fingerprint density at radius 3 is 2.90 bits per heavy atom. The SMILES string of the molecule is NC(=O)c1cc(F)ccc1N1CCCC1C1CCCN1. The Labute approximate surface area is 118 Å². The summed E-state index contributed by atoms with van der Waals surface area (Å²) in [5.74, 6) is -0.984. The molecular formula is C15H20FN3O. The van der Waals surface area contributed by atoms with Gasteiger partial charge in [0.15, 0.2) is 0 Å². The molecule has 0 aromatic heterocycles. The normalized spacial score (nSPS) is 26.1. The number of carbonyl (C=O) groups is 1. The number of hydrogen-bond donors (Lipinski definition) is 2. The number of nitrogens with two attached hydrogens (primary N) is 1. The zero-order valence-electron chi connectivity index (χ0n) is 11.4. The lowest BCUT2D eigenvalue weighted by molar-refractivity contribution is 0.1000. The Morgan fingerprint density at radius 1 is 1.35 bits per heavy atom. The fourth-order valence-corrected chi connectivity index (χ4v) is 3.51. The predicted molar refractivity (Wildman–Crippen MR) is 76.3 cm³/mol. The molecule has 2 unspecified atom stereocenters. The third kappa shape index (κ3) is 2.38. The standard InChI is InChI=1S/C15H20FN3O/c16-10-5-6-13(11(9-10)15(17)20)19-8-2-4-14(19)12-3-1-7-18-12/h5-6,9,12,14,18H,1-4,7-8H2,(H2,17,20). The van der Waals surface area contributed by atoms with Crippen LogP contribution in [-0.4, -0.2) is 31.1 Å². The number of halogens is 1. The maximum absolute atomic E-state index is 13.4. The Kier molecular flexibility index (Phi) is 3.61. The van der Waals surface area contributed by atoms with Gasteiger partial charge in [-0.2, -0.15) is 0 Å². The third-order valence-corrected chi connectivity index (χ3v) is 4.40. The number of nitrogens with one attached hydrogen (secondary N) is 1. The van der Waals surface area contributed by atoms with E-state index in [1.54, 1.807) is 6.07 Å². The minimum Gasteiger partial charge on any atom is -0.366 e. The summed E-state index contributed by atoms with van der Waals surface area (Å²) in [5, 5.41) is 3.53. The minimum atomic E-state index is -0.565. The maximum Gasteiger partial charge on any atom is 0.250 e. The van der Waals surface area contributed by atoms with E-state index >= 15 is 0 Å². The van der Waals surface area contributed by atoms with Gasteiger partial charge in [-0.15, -0.1) is 0 Å². The number of primary amides is 1. The Hall–Kier alpha value is -1.62. The average molecular weight is 277 g/mol. The molecule has 5 heteroatoms. The van der Waals surface area contributed by atoms with E-state index in [0.717, 1.165) is 38.0 Å². The molecular weight excluding hydrogens is 257 g/mol. The first-order valence-electron chi connectivity index (χ1n) is 7.26. The van der Waals surface area contributed by atoms with Gasteiger partial charge in [-0.25, -0.2) is 4.39 Å². The highest BCUT2D eigenvalue weighted by Gasteiger charge is 2.34. The molecule has 2 fully saturated rings. The number of carbonyl (C=O) groups excluding carboxylic acids is 1. The largest absolute Gasteiger partial charge is 0.366 e. The first-order chi connectivity index (χ1) is 9.66. The van der Waals surface area contributed by atoms with Crippen LogP contribution in [0.2, 0.25) is 0 Å². The maximum atomic E-state index is 13.4. The summed E-state index contributed by atoms with van der Waals surface area (Å²) < 4.78 is 13.4. The van der Waals surface area contributed by atoms with Gasteiger partial charge >= 0.3 is 0 Å². The van der Waals surface area contributed by atoms with Crippen molar-refractivity contribution in [3.05, 3.63) is 29.6 Å². The second-order valence-electron chi connectivity index (χ2n) is 5.63. The van der Waals surface area contributed by atoms with Gasteiger partial charge in [-0.05, 0) is 50.4 Å². The van der Waals surface area contributed by atoms with Crippen molar-refractivity contribution in [1.29, 1.82) is 0 Å².